The van der Waals surface area contributed by atoms with E-state index in [4.69, 9.17) is 0 Å². The van der Waals surface area contributed by atoms with Crippen molar-refractivity contribution in [2.75, 3.05) is 0 Å². The van der Waals surface area contributed by atoms with Gasteiger partial charge in [-0.2, -0.15) is 26.0 Å². The summed E-state index contributed by atoms with van der Waals surface area (Å²) in [5.74, 6) is 2.77. The van der Waals surface area contributed by atoms with Crippen molar-refractivity contribution in [1.29, 1.82) is 0 Å². The van der Waals surface area contributed by atoms with Gasteiger partial charge in [0.1, 0.15) is 0 Å². The third kappa shape index (κ3) is 11.5. The van der Waals surface area contributed by atoms with Crippen LogP contribution in [0.3, 0.4) is 0 Å². The molecule has 1 aromatic rings. The molecule has 16 heavy (non-hydrogen) atoms. The molecule has 83 valence electrons. The van der Waals surface area contributed by atoms with Crippen LogP contribution in [0.1, 0.15) is 40.2 Å². The number of hydrogen-bond acceptors (Lipinski definition) is 0. The van der Waals surface area contributed by atoms with Crippen LogP contribution in [0.5, 0.6) is 0 Å². The quantitative estimate of drug-likeness (QED) is 0.600. The van der Waals surface area contributed by atoms with Crippen LogP contribution < -0.4 is 0 Å². The van der Waals surface area contributed by atoms with Gasteiger partial charge in [-0.05, 0) is 0 Å². The van der Waals surface area contributed by atoms with Crippen LogP contribution in [0.15, 0.2) is 30.3 Å². The molecule has 1 rings (SSSR count). The molecule has 0 saturated carbocycles. The molecule has 0 nitrogen and oxygen atoms in total. The van der Waals surface area contributed by atoms with Gasteiger partial charge in [0.05, 0.1) is 0 Å². The molecule has 0 atom stereocenters. The Morgan fingerprint density at radius 2 is 1.12 bits per heavy atom. The van der Waals surface area contributed by atoms with Crippen LogP contribution >= 0.6 is 0 Å². The molecule has 0 aliphatic rings. The molecule has 1 aromatic carbocycles. The van der Waals surface area contributed by atoms with E-state index < -0.39 is 0 Å². The van der Waals surface area contributed by atoms with Crippen LogP contribution in [-0.4, -0.2) is 0 Å². The molecule has 0 bridgehead atoms. The SMILES string of the molecule is CC.C[C-](C)[C-](C)c1ccccc1.[Y].[Y].[Y]. The zero-order valence-corrected chi connectivity index (χ0v) is 19.6. The minimum atomic E-state index is 0. The summed E-state index contributed by atoms with van der Waals surface area (Å²) in [6.45, 7) is 10.4. The summed E-state index contributed by atoms with van der Waals surface area (Å²) in [7, 11) is 0. The fourth-order valence-electron chi connectivity index (χ4n) is 0.977. The average Bonchev–Trinajstić information content (AvgIpc) is 2.21. The molecule has 0 saturated heterocycles. The first-order valence-corrected chi connectivity index (χ1v) is 4.91. The fraction of sp³-hybridized carbons (Fsp3) is 0.385. The van der Waals surface area contributed by atoms with E-state index in [1.54, 1.807) is 0 Å². The zero-order valence-electron chi connectivity index (χ0n) is 11.1. The zero-order chi connectivity index (χ0) is 10.3. The molecule has 0 fully saturated rings. The summed E-state index contributed by atoms with van der Waals surface area (Å²) in [6, 6.07) is 10.5. The van der Waals surface area contributed by atoms with E-state index in [2.05, 4.69) is 45.0 Å². The van der Waals surface area contributed by atoms with Gasteiger partial charge in [0.15, 0.2) is 0 Å². The predicted molar refractivity (Wildman–Crippen MR) is 60.4 cm³/mol. The second-order valence-electron chi connectivity index (χ2n) is 2.99. The summed E-state index contributed by atoms with van der Waals surface area (Å²) in [4.78, 5) is 0. The van der Waals surface area contributed by atoms with E-state index in [9.17, 15) is 0 Å². The maximum Gasteiger partial charge on any atom is 0 e. The molecule has 0 aliphatic carbocycles. The van der Waals surface area contributed by atoms with Crippen LogP contribution in [0.25, 0.3) is 0 Å². The Kier molecular flexibility index (Phi) is 29.2. The first kappa shape index (κ1) is 26.9. The summed E-state index contributed by atoms with van der Waals surface area (Å²) in [5.41, 5.74) is 1.33. The number of hydrogen-bond donors (Lipinski definition) is 0. The van der Waals surface area contributed by atoms with Crippen molar-refractivity contribution < 1.29 is 98.1 Å². The fourth-order valence-corrected chi connectivity index (χ4v) is 0.977. The van der Waals surface area contributed by atoms with Crippen molar-refractivity contribution in [3.63, 3.8) is 0 Å². The third-order valence-electron chi connectivity index (χ3n) is 1.96. The molecule has 0 unspecified atom stereocenters. The van der Waals surface area contributed by atoms with Gasteiger partial charge in [0, 0.05) is 98.1 Å². The summed E-state index contributed by atoms with van der Waals surface area (Å²) >= 11 is 0. The van der Waals surface area contributed by atoms with Gasteiger partial charge in [-0.15, -0.1) is 19.1 Å². The largest absolute Gasteiger partial charge is 0.356 e. The maximum atomic E-state index is 2.16. The van der Waals surface area contributed by atoms with E-state index in [0.717, 1.165) is 0 Å². The minimum absolute atomic E-state index is 0. The molecule has 3 radical (unpaired) electrons. The smallest absolute Gasteiger partial charge is 0 e. The molecular weight excluding hydrogens is 423 g/mol. The Bertz CT molecular complexity index is 210. The van der Waals surface area contributed by atoms with E-state index in [0.29, 0.717) is 0 Å². The van der Waals surface area contributed by atoms with Crippen molar-refractivity contribution in [1.82, 2.24) is 0 Å². The van der Waals surface area contributed by atoms with Crippen molar-refractivity contribution in [2.45, 2.75) is 34.6 Å². The van der Waals surface area contributed by atoms with E-state index in [-0.39, 0.29) is 98.1 Å². The summed E-state index contributed by atoms with van der Waals surface area (Å²) in [5, 5.41) is 0. The molecule has 0 aliphatic heterocycles. The van der Waals surface area contributed by atoms with E-state index >= 15 is 0 Å². The number of rotatable bonds is 2. The van der Waals surface area contributed by atoms with E-state index in [1.807, 2.05) is 19.9 Å². The van der Waals surface area contributed by atoms with Gasteiger partial charge in [0.2, 0.25) is 0 Å². The van der Waals surface area contributed by atoms with Crippen LogP contribution in [0.2, 0.25) is 0 Å². The van der Waals surface area contributed by atoms with Gasteiger partial charge >= 0.3 is 0 Å². The number of benzene rings is 1. The van der Waals surface area contributed by atoms with Gasteiger partial charge in [-0.25, -0.2) is 5.56 Å². The van der Waals surface area contributed by atoms with Crippen LogP contribution in [-0.2, 0) is 98.1 Å². The molecule has 3 heteroatoms. The minimum Gasteiger partial charge on any atom is -0.356 e. The average molecular weight is 443 g/mol. The molecule has 0 heterocycles. The molecule has 0 spiro atoms. The van der Waals surface area contributed by atoms with Crippen molar-refractivity contribution in [3.8, 4) is 0 Å². The standard InChI is InChI=1S/C11H14.C2H6.3Y/c1-9(2)10(3)11-7-5-4-6-8-11;1-2;;;/h4-8H,1-3H3;1-2H3;;;/q-2;;;;. The molecule has 0 aromatic heterocycles. The van der Waals surface area contributed by atoms with Crippen molar-refractivity contribution >= 4 is 0 Å². The topological polar surface area (TPSA) is 0 Å². The third-order valence-corrected chi connectivity index (χ3v) is 1.96. The Labute approximate surface area is 177 Å². The second-order valence-corrected chi connectivity index (χ2v) is 2.99. The molecular formula is C13H20Y3-2. The Morgan fingerprint density at radius 3 is 1.44 bits per heavy atom. The summed E-state index contributed by atoms with van der Waals surface area (Å²) in [6.07, 6.45) is 0. The second kappa shape index (κ2) is 17.4. The Balaban J connectivity index is -0.000000136. The van der Waals surface area contributed by atoms with Gasteiger partial charge in [0.25, 0.3) is 0 Å². The normalized spacial score (nSPS) is 7.38. The first-order chi connectivity index (χ1) is 6.22. The van der Waals surface area contributed by atoms with Crippen LogP contribution in [0, 0.1) is 11.8 Å². The Hall–Kier alpha value is 2.40. The van der Waals surface area contributed by atoms with Gasteiger partial charge < -0.3 is 11.8 Å². The van der Waals surface area contributed by atoms with E-state index in [1.165, 1.54) is 17.4 Å². The first-order valence-electron chi connectivity index (χ1n) is 4.91. The van der Waals surface area contributed by atoms with Crippen molar-refractivity contribution in [3.05, 3.63) is 47.7 Å². The van der Waals surface area contributed by atoms with Gasteiger partial charge in [-0.1, -0.05) is 19.9 Å². The molecule has 0 amide bonds. The van der Waals surface area contributed by atoms with Gasteiger partial charge in [-0.3, -0.25) is 0 Å². The van der Waals surface area contributed by atoms with Crippen molar-refractivity contribution in [2.24, 2.45) is 0 Å². The van der Waals surface area contributed by atoms with Crippen LogP contribution in [0.4, 0.5) is 0 Å². The monoisotopic (exact) mass is 443 g/mol. The Morgan fingerprint density at radius 1 is 0.750 bits per heavy atom. The predicted octanol–water partition coefficient (Wildman–Crippen LogP) is 4.26. The molecule has 0 N–H and O–H groups in total. The summed E-state index contributed by atoms with van der Waals surface area (Å²) < 4.78 is 0. The maximum absolute atomic E-state index is 2.16.